The zero-order chi connectivity index (χ0) is 17.5. The number of ketones is 1. The zero-order valence-corrected chi connectivity index (χ0v) is 15.5. The Bertz CT molecular complexity index is 1020. The van der Waals surface area contributed by atoms with Gasteiger partial charge in [-0.2, -0.15) is 12.8 Å². The molecule has 0 heterocycles. The normalized spacial score (nSPS) is 16.0. The van der Waals surface area contributed by atoms with Crippen molar-refractivity contribution in [2.75, 3.05) is 0 Å². The molecule has 4 nitrogen and oxygen atoms in total. The van der Waals surface area contributed by atoms with Crippen LogP contribution >= 0.6 is 15.9 Å². The summed E-state index contributed by atoms with van der Waals surface area (Å²) in [4.78, 5) is 12.4. The van der Waals surface area contributed by atoms with E-state index in [0.29, 0.717) is 16.7 Å². The van der Waals surface area contributed by atoms with E-state index in [9.17, 15) is 13.2 Å². The number of halogens is 1. The summed E-state index contributed by atoms with van der Waals surface area (Å²) in [5.74, 6) is -0.186. The second-order valence-electron chi connectivity index (χ2n) is 5.59. The number of carbonyl (C=O) groups is 1. The first-order chi connectivity index (χ1) is 11.3. The molecule has 0 bridgehead atoms. The van der Waals surface area contributed by atoms with Crippen LogP contribution < -0.4 is 0 Å². The maximum absolute atomic E-state index is 12.8. The molecular weight excluding hydrogens is 390 g/mol. The van der Waals surface area contributed by atoms with Crippen molar-refractivity contribution in [1.29, 1.82) is 0 Å². The van der Waals surface area contributed by atoms with Crippen molar-refractivity contribution in [3.05, 3.63) is 75.3 Å². The second-order valence-corrected chi connectivity index (χ2v) is 8.01. The Kier molecular flexibility index (Phi) is 4.27. The van der Waals surface area contributed by atoms with E-state index in [4.69, 9.17) is 0 Å². The molecular formula is C18H14BrNO3S. The molecule has 1 aliphatic carbocycles. The van der Waals surface area contributed by atoms with Crippen LogP contribution in [0.4, 0.5) is 0 Å². The molecule has 0 N–H and O–H groups in total. The van der Waals surface area contributed by atoms with Gasteiger partial charge in [0.15, 0.2) is 0 Å². The van der Waals surface area contributed by atoms with Gasteiger partial charge in [-0.3, -0.25) is 4.79 Å². The van der Waals surface area contributed by atoms with Crippen LogP contribution in [-0.4, -0.2) is 19.9 Å². The first-order valence-corrected chi connectivity index (χ1v) is 9.46. The lowest BCUT2D eigenvalue weighted by atomic mass is 9.94. The van der Waals surface area contributed by atoms with Crippen LogP contribution in [0.25, 0.3) is 0 Å². The number of nitrogens with zero attached hydrogens (tertiary/aromatic N) is 1. The van der Waals surface area contributed by atoms with E-state index in [1.54, 1.807) is 43.3 Å². The van der Waals surface area contributed by atoms with E-state index in [2.05, 4.69) is 20.3 Å². The Balaban J connectivity index is 2.20. The number of benzene rings is 2. The maximum atomic E-state index is 12.8. The van der Waals surface area contributed by atoms with Crippen LogP contribution in [0.15, 0.2) is 62.3 Å². The Hall–Kier alpha value is -2.05. The first kappa shape index (κ1) is 16.8. The van der Waals surface area contributed by atoms with Gasteiger partial charge < -0.3 is 0 Å². The van der Waals surface area contributed by atoms with Crippen molar-refractivity contribution in [2.24, 2.45) is 4.40 Å². The molecule has 0 aromatic heterocycles. The molecule has 0 atom stereocenters. The molecule has 2 aromatic rings. The molecule has 1 aliphatic rings. The van der Waals surface area contributed by atoms with Gasteiger partial charge in [0.2, 0.25) is 5.78 Å². The standard InChI is InChI=1S/C18H14BrNO3S/c1-11-7-8-12(2)17(9-11)24(22,23)20-16-10-15(19)18(21)14-6-4-3-5-13(14)16/h3-10H,1-2H3/b20-16-. The Morgan fingerprint density at radius 1 is 1.00 bits per heavy atom. The highest BCUT2D eigenvalue weighted by molar-refractivity contribution is 9.12. The summed E-state index contributed by atoms with van der Waals surface area (Å²) in [6.45, 7) is 3.56. The number of Topliss-reactive ketones (excluding diaryl/α,β-unsaturated/α-hetero) is 1. The third kappa shape index (κ3) is 2.99. The molecule has 0 fully saturated rings. The van der Waals surface area contributed by atoms with Crippen molar-refractivity contribution in [2.45, 2.75) is 18.7 Å². The lowest BCUT2D eigenvalue weighted by molar-refractivity contribution is 0.104. The van der Waals surface area contributed by atoms with Crippen LogP contribution in [0.2, 0.25) is 0 Å². The SMILES string of the molecule is Cc1ccc(C)c(S(=O)(=O)/N=C2/C=C(Br)C(=O)c3ccccc32)c1. The van der Waals surface area contributed by atoms with Gasteiger partial charge in [-0.1, -0.05) is 36.4 Å². The first-order valence-electron chi connectivity index (χ1n) is 7.23. The average molecular weight is 404 g/mol. The minimum absolute atomic E-state index is 0.175. The predicted octanol–water partition coefficient (Wildman–Crippen LogP) is 3.96. The Labute approximate surface area is 149 Å². The zero-order valence-electron chi connectivity index (χ0n) is 13.1. The molecule has 0 saturated heterocycles. The molecule has 0 spiro atoms. The number of hydrogen-bond acceptors (Lipinski definition) is 3. The third-order valence-corrected chi connectivity index (χ3v) is 5.79. The summed E-state index contributed by atoms with van der Waals surface area (Å²) in [5, 5.41) is 0. The number of aryl methyl sites for hydroxylation is 2. The summed E-state index contributed by atoms with van der Waals surface area (Å²) < 4.78 is 29.8. The minimum Gasteiger partial charge on any atom is -0.288 e. The Morgan fingerprint density at radius 2 is 1.67 bits per heavy atom. The lowest BCUT2D eigenvalue weighted by Gasteiger charge is -2.14. The van der Waals surface area contributed by atoms with Crippen LogP contribution in [0, 0.1) is 13.8 Å². The van der Waals surface area contributed by atoms with Gasteiger partial charge in [-0.15, -0.1) is 0 Å². The largest absolute Gasteiger partial charge is 0.288 e. The van der Waals surface area contributed by atoms with E-state index in [1.165, 1.54) is 6.08 Å². The molecule has 2 aromatic carbocycles. The number of allylic oxidation sites excluding steroid dienone is 2. The maximum Gasteiger partial charge on any atom is 0.283 e. The number of carbonyl (C=O) groups excluding carboxylic acids is 1. The van der Waals surface area contributed by atoms with E-state index in [0.717, 1.165) is 5.56 Å². The number of rotatable bonds is 2. The lowest BCUT2D eigenvalue weighted by Crippen LogP contribution is -2.16. The molecule has 0 saturated carbocycles. The molecule has 24 heavy (non-hydrogen) atoms. The summed E-state index contributed by atoms with van der Waals surface area (Å²) in [7, 11) is -3.89. The third-order valence-electron chi connectivity index (χ3n) is 3.77. The summed E-state index contributed by atoms with van der Waals surface area (Å²) in [6.07, 6.45) is 1.45. The van der Waals surface area contributed by atoms with Gasteiger partial charge in [-0.05, 0) is 53.0 Å². The Morgan fingerprint density at radius 3 is 2.38 bits per heavy atom. The van der Waals surface area contributed by atoms with E-state index >= 15 is 0 Å². The topological polar surface area (TPSA) is 63.6 Å². The highest BCUT2D eigenvalue weighted by Gasteiger charge is 2.25. The van der Waals surface area contributed by atoms with Crippen molar-refractivity contribution in [3.63, 3.8) is 0 Å². The molecule has 122 valence electrons. The van der Waals surface area contributed by atoms with E-state index < -0.39 is 10.0 Å². The molecule has 0 radical (unpaired) electrons. The van der Waals surface area contributed by atoms with Gasteiger partial charge in [0.25, 0.3) is 10.0 Å². The molecule has 3 rings (SSSR count). The summed E-state index contributed by atoms with van der Waals surface area (Å²) in [6, 6.07) is 12.1. The van der Waals surface area contributed by atoms with Crippen LogP contribution in [0.1, 0.15) is 27.0 Å². The fraction of sp³-hybridized carbons (Fsp3) is 0.111. The number of sulfonamides is 1. The summed E-state index contributed by atoms with van der Waals surface area (Å²) >= 11 is 3.19. The van der Waals surface area contributed by atoms with Crippen molar-refractivity contribution in [1.82, 2.24) is 0 Å². The van der Waals surface area contributed by atoms with Crippen molar-refractivity contribution < 1.29 is 13.2 Å². The fourth-order valence-corrected chi connectivity index (χ4v) is 4.28. The summed E-state index contributed by atoms with van der Waals surface area (Å²) in [5.41, 5.74) is 2.67. The minimum atomic E-state index is -3.89. The smallest absolute Gasteiger partial charge is 0.283 e. The monoisotopic (exact) mass is 403 g/mol. The van der Waals surface area contributed by atoms with Gasteiger partial charge >= 0.3 is 0 Å². The predicted molar refractivity (Wildman–Crippen MR) is 97.4 cm³/mol. The molecule has 0 amide bonds. The van der Waals surface area contributed by atoms with Gasteiger partial charge in [0, 0.05) is 11.1 Å². The van der Waals surface area contributed by atoms with Crippen molar-refractivity contribution in [3.8, 4) is 0 Å². The highest BCUT2D eigenvalue weighted by Crippen LogP contribution is 2.27. The van der Waals surface area contributed by atoms with Gasteiger partial charge in [0.05, 0.1) is 15.1 Å². The van der Waals surface area contributed by atoms with Crippen LogP contribution in [-0.2, 0) is 10.0 Å². The molecule has 6 heteroatoms. The van der Waals surface area contributed by atoms with Crippen LogP contribution in [0.3, 0.4) is 0 Å². The van der Waals surface area contributed by atoms with Gasteiger partial charge in [-0.25, -0.2) is 0 Å². The van der Waals surface area contributed by atoms with E-state index in [1.807, 2.05) is 13.0 Å². The number of fused-ring (bicyclic) bond motifs is 1. The van der Waals surface area contributed by atoms with Crippen LogP contribution in [0.5, 0.6) is 0 Å². The molecule has 0 unspecified atom stereocenters. The van der Waals surface area contributed by atoms with Crippen molar-refractivity contribution >= 4 is 37.4 Å². The fourth-order valence-electron chi connectivity index (χ4n) is 2.54. The second kappa shape index (κ2) is 6.11. The highest BCUT2D eigenvalue weighted by atomic mass is 79.9. The quantitative estimate of drug-likeness (QED) is 0.761. The average Bonchev–Trinajstić information content (AvgIpc) is 2.54. The van der Waals surface area contributed by atoms with E-state index in [-0.39, 0.29) is 20.9 Å². The van der Waals surface area contributed by atoms with Gasteiger partial charge in [0.1, 0.15) is 0 Å². The molecule has 0 aliphatic heterocycles. The number of hydrogen-bond donors (Lipinski definition) is 0.